The van der Waals surface area contributed by atoms with Crippen molar-refractivity contribution in [3.05, 3.63) is 11.1 Å². The first-order valence-corrected chi connectivity index (χ1v) is 8.45. The van der Waals surface area contributed by atoms with E-state index in [4.69, 9.17) is 4.74 Å². The molecule has 1 unspecified atom stereocenters. The highest BCUT2D eigenvalue weighted by Gasteiger charge is 2.25. The zero-order valence-corrected chi connectivity index (χ0v) is 13.2. The second-order valence-corrected chi connectivity index (χ2v) is 6.24. The third-order valence-corrected chi connectivity index (χ3v) is 4.40. The molecule has 0 spiro atoms. The molecule has 0 bridgehead atoms. The van der Waals surface area contributed by atoms with Crippen LogP contribution in [0.25, 0.3) is 0 Å². The molecule has 0 saturated heterocycles. The number of carbonyl (C=O) groups excluding carboxylic acids is 1. The molecule has 1 atom stereocenters. The van der Waals surface area contributed by atoms with Crippen molar-refractivity contribution in [3.8, 4) is 0 Å². The lowest BCUT2D eigenvalue weighted by Gasteiger charge is -2.15. The number of rotatable bonds is 9. The number of ether oxygens (including phenoxy) is 1. The Kier molecular flexibility index (Phi) is 5.83. The van der Waals surface area contributed by atoms with Gasteiger partial charge in [-0.1, -0.05) is 19.8 Å². The maximum atomic E-state index is 11.3. The molecule has 1 saturated carbocycles. The summed E-state index contributed by atoms with van der Waals surface area (Å²) in [6, 6.07) is 0.534. The highest BCUT2D eigenvalue weighted by molar-refractivity contribution is 7.13. The fraction of sp³-hybridized carbons (Fsp3) is 0.733. The van der Waals surface area contributed by atoms with Crippen LogP contribution in [0.15, 0.2) is 5.38 Å². The number of hydrogen-bond donors (Lipinski definition) is 1. The first-order chi connectivity index (χ1) is 9.71. The van der Waals surface area contributed by atoms with Crippen molar-refractivity contribution >= 4 is 22.4 Å². The number of nitrogens with zero attached hydrogens (tertiary/aromatic N) is 1. The highest BCUT2D eigenvalue weighted by Crippen LogP contribution is 2.35. The zero-order valence-electron chi connectivity index (χ0n) is 12.4. The molecular weight excluding hydrogens is 272 g/mol. The standard InChI is InChI=1S/C15H24N2O2S/c1-3-12(9-11-5-6-11)16-15-17-13(10-20-15)7-8-14(18)19-4-2/h10-12H,3-9H2,1-2H3,(H,16,17). The summed E-state index contributed by atoms with van der Waals surface area (Å²) in [5.74, 6) is 0.783. The molecule has 4 nitrogen and oxygen atoms in total. The normalized spacial score (nSPS) is 15.9. The monoisotopic (exact) mass is 296 g/mol. The van der Waals surface area contributed by atoms with Crippen molar-refractivity contribution in [3.63, 3.8) is 0 Å². The van der Waals surface area contributed by atoms with Gasteiger partial charge in [-0.3, -0.25) is 4.79 Å². The summed E-state index contributed by atoms with van der Waals surface area (Å²) in [6.07, 6.45) is 6.25. The maximum absolute atomic E-state index is 11.3. The molecule has 2 rings (SSSR count). The zero-order chi connectivity index (χ0) is 14.4. The lowest BCUT2D eigenvalue weighted by Crippen LogP contribution is -2.18. The summed E-state index contributed by atoms with van der Waals surface area (Å²) in [5.41, 5.74) is 0.979. The molecule has 1 N–H and O–H groups in total. The number of carbonyl (C=O) groups is 1. The fourth-order valence-electron chi connectivity index (χ4n) is 2.21. The molecule has 1 aromatic rings. The van der Waals surface area contributed by atoms with Crippen molar-refractivity contribution in [2.75, 3.05) is 11.9 Å². The number of aromatic nitrogens is 1. The number of thiazole rings is 1. The van der Waals surface area contributed by atoms with E-state index < -0.39 is 0 Å². The van der Waals surface area contributed by atoms with E-state index in [0.717, 1.165) is 23.2 Å². The number of esters is 1. The van der Waals surface area contributed by atoms with Gasteiger partial charge in [-0.25, -0.2) is 4.98 Å². The van der Waals surface area contributed by atoms with Crippen molar-refractivity contribution in [2.45, 2.75) is 58.4 Å². The summed E-state index contributed by atoms with van der Waals surface area (Å²) in [4.78, 5) is 15.9. The van der Waals surface area contributed by atoms with Crippen LogP contribution in [0.2, 0.25) is 0 Å². The third kappa shape index (κ3) is 5.12. The van der Waals surface area contributed by atoms with E-state index in [9.17, 15) is 4.79 Å². The predicted molar refractivity (Wildman–Crippen MR) is 82.1 cm³/mol. The Labute approximate surface area is 124 Å². The molecule has 0 aliphatic heterocycles. The smallest absolute Gasteiger partial charge is 0.306 e. The summed E-state index contributed by atoms with van der Waals surface area (Å²) < 4.78 is 4.92. The SMILES string of the molecule is CCOC(=O)CCc1csc(NC(CC)CC2CC2)n1. The second-order valence-electron chi connectivity index (χ2n) is 5.38. The van der Waals surface area contributed by atoms with Gasteiger partial charge in [0.05, 0.1) is 18.7 Å². The molecular formula is C15H24N2O2S. The Hall–Kier alpha value is -1.10. The molecule has 1 aromatic heterocycles. The van der Waals surface area contributed by atoms with E-state index >= 15 is 0 Å². The lowest BCUT2D eigenvalue weighted by atomic mass is 10.1. The van der Waals surface area contributed by atoms with Crippen LogP contribution in [-0.4, -0.2) is 23.6 Å². The summed E-state index contributed by atoms with van der Waals surface area (Å²) in [5, 5.41) is 6.54. The Morgan fingerprint density at radius 2 is 2.35 bits per heavy atom. The topological polar surface area (TPSA) is 51.2 Å². The Bertz CT molecular complexity index is 429. The van der Waals surface area contributed by atoms with Gasteiger partial charge in [0.1, 0.15) is 0 Å². The quantitative estimate of drug-likeness (QED) is 0.707. The minimum absolute atomic E-state index is 0.143. The summed E-state index contributed by atoms with van der Waals surface area (Å²) in [7, 11) is 0. The Balaban J connectivity index is 1.77. The summed E-state index contributed by atoms with van der Waals surface area (Å²) in [6.45, 7) is 4.49. The minimum atomic E-state index is -0.143. The molecule has 112 valence electrons. The molecule has 1 heterocycles. The van der Waals surface area contributed by atoms with Gasteiger partial charge < -0.3 is 10.1 Å². The van der Waals surface area contributed by atoms with Crippen LogP contribution in [0.3, 0.4) is 0 Å². The Morgan fingerprint density at radius 1 is 1.55 bits per heavy atom. The van der Waals surface area contributed by atoms with Crippen molar-refractivity contribution in [2.24, 2.45) is 5.92 Å². The molecule has 0 aromatic carbocycles. The van der Waals surface area contributed by atoms with Crippen molar-refractivity contribution < 1.29 is 9.53 Å². The van der Waals surface area contributed by atoms with E-state index in [2.05, 4.69) is 17.2 Å². The summed E-state index contributed by atoms with van der Waals surface area (Å²) >= 11 is 1.63. The Morgan fingerprint density at radius 3 is 3.00 bits per heavy atom. The number of anilines is 1. The van der Waals surface area contributed by atoms with Crippen LogP contribution in [0.1, 0.15) is 51.6 Å². The van der Waals surface area contributed by atoms with Crippen molar-refractivity contribution in [1.82, 2.24) is 4.98 Å². The van der Waals surface area contributed by atoms with Gasteiger partial charge in [0.25, 0.3) is 0 Å². The molecule has 5 heteroatoms. The van der Waals surface area contributed by atoms with Gasteiger partial charge in [-0.2, -0.15) is 0 Å². The average molecular weight is 296 g/mol. The lowest BCUT2D eigenvalue weighted by molar-refractivity contribution is -0.143. The largest absolute Gasteiger partial charge is 0.466 e. The van der Waals surface area contributed by atoms with Crippen LogP contribution in [0.4, 0.5) is 5.13 Å². The van der Waals surface area contributed by atoms with Gasteiger partial charge in [-0.05, 0) is 25.7 Å². The molecule has 0 radical (unpaired) electrons. The molecule has 1 aliphatic carbocycles. The van der Waals surface area contributed by atoms with Crippen molar-refractivity contribution in [1.29, 1.82) is 0 Å². The van der Waals surface area contributed by atoms with Gasteiger partial charge in [0, 0.05) is 17.8 Å². The number of aryl methyl sites for hydroxylation is 1. The first kappa shape index (κ1) is 15.3. The van der Waals surface area contributed by atoms with E-state index in [1.54, 1.807) is 11.3 Å². The van der Waals surface area contributed by atoms with Gasteiger partial charge in [0.15, 0.2) is 5.13 Å². The van der Waals surface area contributed by atoms with E-state index in [-0.39, 0.29) is 5.97 Å². The van der Waals surface area contributed by atoms with Gasteiger partial charge >= 0.3 is 5.97 Å². The predicted octanol–water partition coefficient (Wildman–Crippen LogP) is 3.63. The molecule has 0 amide bonds. The minimum Gasteiger partial charge on any atom is -0.466 e. The van der Waals surface area contributed by atoms with E-state index in [1.165, 1.54) is 19.3 Å². The first-order valence-electron chi connectivity index (χ1n) is 7.57. The number of nitrogens with one attached hydrogen (secondary N) is 1. The number of hydrogen-bond acceptors (Lipinski definition) is 5. The molecule has 20 heavy (non-hydrogen) atoms. The van der Waals surface area contributed by atoms with Crippen LogP contribution in [-0.2, 0) is 16.0 Å². The van der Waals surface area contributed by atoms with Crippen LogP contribution >= 0.6 is 11.3 Å². The van der Waals surface area contributed by atoms with Crippen LogP contribution < -0.4 is 5.32 Å². The van der Waals surface area contributed by atoms with Gasteiger partial charge in [-0.15, -0.1) is 11.3 Å². The van der Waals surface area contributed by atoms with Crippen LogP contribution in [0.5, 0.6) is 0 Å². The maximum Gasteiger partial charge on any atom is 0.306 e. The van der Waals surface area contributed by atoms with Crippen LogP contribution in [0, 0.1) is 5.92 Å². The second kappa shape index (κ2) is 7.62. The average Bonchev–Trinajstić information content (AvgIpc) is 3.14. The van der Waals surface area contributed by atoms with E-state index in [1.807, 2.05) is 12.3 Å². The highest BCUT2D eigenvalue weighted by atomic mass is 32.1. The third-order valence-electron chi connectivity index (χ3n) is 3.58. The fourth-order valence-corrected chi connectivity index (χ4v) is 3.03. The van der Waals surface area contributed by atoms with E-state index in [0.29, 0.717) is 25.5 Å². The molecule has 1 fully saturated rings. The van der Waals surface area contributed by atoms with Gasteiger partial charge in [0.2, 0.25) is 0 Å². The molecule has 1 aliphatic rings.